The lowest BCUT2D eigenvalue weighted by molar-refractivity contribution is -0.139. The molecule has 0 bridgehead atoms. The molecule has 0 aliphatic carbocycles. The first-order valence-corrected chi connectivity index (χ1v) is 8.45. The number of alkyl halides is 3. The number of amides is 1. The minimum atomic E-state index is -4.37. The summed E-state index contributed by atoms with van der Waals surface area (Å²) >= 11 is 0. The van der Waals surface area contributed by atoms with Crippen molar-refractivity contribution in [3.63, 3.8) is 0 Å². The van der Waals surface area contributed by atoms with Crippen LogP contribution >= 0.6 is 0 Å². The molecule has 142 valence electrons. The van der Waals surface area contributed by atoms with Crippen LogP contribution < -0.4 is 5.32 Å². The summed E-state index contributed by atoms with van der Waals surface area (Å²) in [5.41, 5.74) is -0.164. The van der Waals surface area contributed by atoms with Gasteiger partial charge in [0.05, 0.1) is 11.1 Å². The van der Waals surface area contributed by atoms with Gasteiger partial charge in [0, 0.05) is 13.0 Å². The van der Waals surface area contributed by atoms with Crippen LogP contribution in [0.5, 0.6) is 0 Å². The molecule has 27 heavy (non-hydrogen) atoms. The maximum absolute atomic E-state index is 12.6. The normalized spacial score (nSPS) is 19.2. The monoisotopic (exact) mass is 377 g/mol. The SMILES string of the molecule is CC1(C(=O)NCCc2ccc(C(F)(F)F)cc2)Cc2ccccc2C(=O)O1. The molecule has 0 saturated heterocycles. The average Bonchev–Trinajstić information content (AvgIpc) is 2.61. The average molecular weight is 377 g/mol. The molecule has 4 nitrogen and oxygen atoms in total. The van der Waals surface area contributed by atoms with Crippen molar-refractivity contribution in [2.75, 3.05) is 6.54 Å². The van der Waals surface area contributed by atoms with E-state index in [1.165, 1.54) is 12.1 Å². The third-order valence-corrected chi connectivity index (χ3v) is 4.54. The minimum Gasteiger partial charge on any atom is -0.445 e. The van der Waals surface area contributed by atoms with Gasteiger partial charge in [-0.2, -0.15) is 13.2 Å². The van der Waals surface area contributed by atoms with Gasteiger partial charge >= 0.3 is 12.1 Å². The molecule has 1 heterocycles. The second kappa shape index (κ2) is 7.06. The van der Waals surface area contributed by atoms with Gasteiger partial charge in [0.25, 0.3) is 5.91 Å². The molecule has 3 rings (SSSR count). The molecule has 1 atom stereocenters. The molecule has 0 aromatic heterocycles. The van der Waals surface area contributed by atoms with Gasteiger partial charge in [-0.1, -0.05) is 30.3 Å². The number of carbonyl (C=O) groups excluding carboxylic acids is 2. The molecule has 0 saturated carbocycles. The van der Waals surface area contributed by atoms with Gasteiger partial charge in [0.15, 0.2) is 5.60 Å². The van der Waals surface area contributed by atoms with E-state index in [9.17, 15) is 22.8 Å². The first-order valence-electron chi connectivity index (χ1n) is 8.45. The summed E-state index contributed by atoms with van der Waals surface area (Å²) in [7, 11) is 0. The van der Waals surface area contributed by atoms with E-state index in [0.29, 0.717) is 17.5 Å². The van der Waals surface area contributed by atoms with E-state index in [1.54, 1.807) is 31.2 Å². The Balaban J connectivity index is 1.59. The number of rotatable bonds is 4. The summed E-state index contributed by atoms with van der Waals surface area (Å²) in [6.07, 6.45) is -3.74. The van der Waals surface area contributed by atoms with Crippen LogP contribution in [-0.2, 0) is 28.5 Å². The number of hydrogen-bond donors (Lipinski definition) is 1. The number of nitrogens with one attached hydrogen (secondary N) is 1. The van der Waals surface area contributed by atoms with Crippen molar-refractivity contribution in [2.24, 2.45) is 0 Å². The van der Waals surface area contributed by atoms with Crippen molar-refractivity contribution in [2.45, 2.75) is 31.5 Å². The highest BCUT2D eigenvalue weighted by Crippen LogP contribution is 2.29. The predicted octanol–water partition coefficient (Wildman–Crippen LogP) is 3.54. The quantitative estimate of drug-likeness (QED) is 0.830. The Morgan fingerprint density at radius 1 is 1.15 bits per heavy atom. The van der Waals surface area contributed by atoms with Gasteiger partial charge < -0.3 is 10.1 Å². The van der Waals surface area contributed by atoms with E-state index in [-0.39, 0.29) is 13.0 Å². The second-order valence-corrected chi connectivity index (χ2v) is 6.65. The van der Waals surface area contributed by atoms with Crippen LogP contribution in [0.4, 0.5) is 13.2 Å². The molecule has 1 N–H and O–H groups in total. The highest BCUT2D eigenvalue weighted by Gasteiger charge is 2.42. The molecule has 1 amide bonds. The molecule has 2 aromatic rings. The van der Waals surface area contributed by atoms with Crippen LogP contribution in [0, 0.1) is 0 Å². The molecule has 1 aliphatic rings. The zero-order chi connectivity index (χ0) is 19.7. The maximum Gasteiger partial charge on any atom is 0.416 e. The van der Waals surface area contributed by atoms with E-state index in [2.05, 4.69) is 5.32 Å². The van der Waals surface area contributed by atoms with Crippen molar-refractivity contribution in [1.29, 1.82) is 0 Å². The maximum atomic E-state index is 12.6. The van der Waals surface area contributed by atoms with Crippen molar-refractivity contribution in [1.82, 2.24) is 5.32 Å². The second-order valence-electron chi connectivity index (χ2n) is 6.65. The van der Waals surface area contributed by atoms with Crippen molar-refractivity contribution in [3.8, 4) is 0 Å². The van der Waals surface area contributed by atoms with Crippen molar-refractivity contribution in [3.05, 3.63) is 70.8 Å². The van der Waals surface area contributed by atoms with Crippen LogP contribution in [0.3, 0.4) is 0 Å². The number of fused-ring (bicyclic) bond motifs is 1. The summed E-state index contributed by atoms with van der Waals surface area (Å²) < 4.78 is 43.0. The Bertz CT molecular complexity index is 862. The Labute approximate surface area is 154 Å². The Morgan fingerprint density at radius 3 is 2.48 bits per heavy atom. The third-order valence-electron chi connectivity index (χ3n) is 4.54. The Morgan fingerprint density at radius 2 is 1.81 bits per heavy atom. The molecular weight excluding hydrogens is 359 g/mol. The summed E-state index contributed by atoms with van der Waals surface area (Å²) in [6.45, 7) is 1.77. The van der Waals surface area contributed by atoms with Gasteiger partial charge in [-0.25, -0.2) is 4.79 Å². The molecule has 1 unspecified atom stereocenters. The standard InChI is InChI=1S/C20H18F3NO3/c1-19(12-14-4-2-3-5-16(14)17(25)27-19)18(26)24-11-10-13-6-8-15(9-7-13)20(21,22)23/h2-9H,10-12H2,1H3,(H,24,26). The fraction of sp³-hybridized carbons (Fsp3) is 0.300. The molecule has 0 radical (unpaired) electrons. The van der Waals surface area contributed by atoms with Gasteiger partial charge in [-0.05, 0) is 42.7 Å². The topological polar surface area (TPSA) is 55.4 Å². The summed E-state index contributed by atoms with van der Waals surface area (Å²) in [5.74, 6) is -0.977. The van der Waals surface area contributed by atoms with Crippen LogP contribution in [0.2, 0.25) is 0 Å². The van der Waals surface area contributed by atoms with Gasteiger partial charge in [0.1, 0.15) is 0 Å². The van der Waals surface area contributed by atoms with E-state index >= 15 is 0 Å². The number of ether oxygens (including phenoxy) is 1. The summed E-state index contributed by atoms with van der Waals surface area (Å²) in [4.78, 5) is 24.6. The van der Waals surface area contributed by atoms with Crippen molar-refractivity contribution < 1.29 is 27.5 Å². The predicted molar refractivity (Wildman–Crippen MR) is 92.1 cm³/mol. The molecule has 2 aromatic carbocycles. The van der Waals surface area contributed by atoms with Crippen LogP contribution in [-0.4, -0.2) is 24.0 Å². The molecule has 7 heteroatoms. The number of benzene rings is 2. The lowest BCUT2D eigenvalue weighted by Gasteiger charge is -2.33. The first-order chi connectivity index (χ1) is 12.7. The van der Waals surface area contributed by atoms with Crippen LogP contribution in [0.25, 0.3) is 0 Å². The Kier molecular flexibility index (Phi) is 4.95. The number of esters is 1. The lowest BCUT2D eigenvalue weighted by Crippen LogP contribution is -2.52. The molecule has 0 spiro atoms. The lowest BCUT2D eigenvalue weighted by atomic mass is 9.89. The van der Waals surface area contributed by atoms with Gasteiger partial charge in [-0.3, -0.25) is 4.79 Å². The third kappa shape index (κ3) is 4.13. The zero-order valence-corrected chi connectivity index (χ0v) is 14.6. The zero-order valence-electron chi connectivity index (χ0n) is 14.6. The number of cyclic esters (lactones) is 1. The minimum absolute atomic E-state index is 0.221. The summed E-state index contributed by atoms with van der Waals surface area (Å²) in [6, 6.07) is 11.7. The molecule has 0 fully saturated rings. The van der Waals surface area contributed by atoms with Gasteiger partial charge in [0.2, 0.25) is 0 Å². The largest absolute Gasteiger partial charge is 0.445 e. The van der Waals surface area contributed by atoms with Crippen LogP contribution in [0.1, 0.15) is 34.0 Å². The van der Waals surface area contributed by atoms with Gasteiger partial charge in [-0.15, -0.1) is 0 Å². The molecular formula is C20H18F3NO3. The molecule has 1 aliphatic heterocycles. The number of halogens is 3. The van der Waals surface area contributed by atoms with E-state index < -0.39 is 29.2 Å². The van der Waals surface area contributed by atoms with E-state index in [4.69, 9.17) is 4.74 Å². The smallest absolute Gasteiger partial charge is 0.416 e. The van der Waals surface area contributed by atoms with E-state index in [1.807, 2.05) is 0 Å². The number of carbonyl (C=O) groups is 2. The van der Waals surface area contributed by atoms with E-state index in [0.717, 1.165) is 17.7 Å². The number of hydrogen-bond acceptors (Lipinski definition) is 3. The summed E-state index contributed by atoms with van der Waals surface area (Å²) in [5, 5.41) is 2.70. The fourth-order valence-corrected chi connectivity index (χ4v) is 3.03. The highest BCUT2D eigenvalue weighted by atomic mass is 19.4. The highest BCUT2D eigenvalue weighted by molar-refractivity contribution is 5.97. The van der Waals surface area contributed by atoms with Crippen LogP contribution in [0.15, 0.2) is 48.5 Å². The van der Waals surface area contributed by atoms with Crippen molar-refractivity contribution >= 4 is 11.9 Å². The Hall–Kier alpha value is -2.83. The fourth-order valence-electron chi connectivity index (χ4n) is 3.03. The first kappa shape index (κ1) is 18.9.